The van der Waals surface area contributed by atoms with Gasteiger partial charge in [-0.3, -0.25) is 0 Å². The van der Waals surface area contributed by atoms with Gasteiger partial charge in [-0.2, -0.15) is 0 Å². The molecular formula is C14H12S3. The second-order valence-electron chi connectivity index (χ2n) is 3.91. The summed E-state index contributed by atoms with van der Waals surface area (Å²) in [5.41, 5.74) is 5.69. The van der Waals surface area contributed by atoms with Crippen LogP contribution in [-0.2, 0) is 11.5 Å². The maximum atomic E-state index is 2.25. The zero-order valence-electron chi connectivity index (χ0n) is 9.26. The number of hydrogen-bond donors (Lipinski definition) is 0. The molecule has 86 valence electrons. The fraction of sp³-hybridized carbons (Fsp3) is 0.143. The quantitative estimate of drug-likeness (QED) is 0.592. The lowest BCUT2D eigenvalue weighted by molar-refractivity contribution is 1.37. The Morgan fingerprint density at radius 2 is 1.12 bits per heavy atom. The van der Waals surface area contributed by atoms with Gasteiger partial charge in [-0.05, 0) is 32.1 Å². The Hall–Kier alpha value is -0.510. The SMILES string of the molecule is c1ccc2c(c1)CSSSCc1ccccc1-2. The van der Waals surface area contributed by atoms with Crippen molar-refractivity contribution in [1.29, 1.82) is 0 Å². The van der Waals surface area contributed by atoms with E-state index in [1.54, 1.807) is 0 Å². The highest BCUT2D eigenvalue weighted by Crippen LogP contribution is 2.43. The Balaban J connectivity index is 2.18. The lowest BCUT2D eigenvalue weighted by Gasteiger charge is -2.10. The van der Waals surface area contributed by atoms with E-state index >= 15 is 0 Å². The maximum absolute atomic E-state index is 2.25. The van der Waals surface area contributed by atoms with Crippen molar-refractivity contribution in [3.8, 4) is 11.1 Å². The minimum Gasteiger partial charge on any atom is -0.0777 e. The second kappa shape index (κ2) is 5.42. The van der Waals surface area contributed by atoms with Crippen LogP contribution in [0.25, 0.3) is 11.1 Å². The van der Waals surface area contributed by atoms with Crippen molar-refractivity contribution >= 4 is 31.4 Å². The highest BCUT2D eigenvalue weighted by Gasteiger charge is 2.11. The minimum atomic E-state index is 1.09. The molecule has 17 heavy (non-hydrogen) atoms. The average Bonchev–Trinajstić information content (AvgIpc) is 2.47. The van der Waals surface area contributed by atoms with Crippen LogP contribution in [0.2, 0.25) is 0 Å². The van der Waals surface area contributed by atoms with Crippen molar-refractivity contribution in [3.63, 3.8) is 0 Å². The second-order valence-corrected chi connectivity index (χ2v) is 8.14. The van der Waals surface area contributed by atoms with Crippen LogP contribution < -0.4 is 0 Å². The van der Waals surface area contributed by atoms with E-state index in [0.29, 0.717) is 0 Å². The van der Waals surface area contributed by atoms with E-state index in [4.69, 9.17) is 0 Å². The normalized spacial score (nSPS) is 15.1. The summed E-state index contributed by atoms with van der Waals surface area (Å²) >= 11 is 0. The molecule has 1 aliphatic heterocycles. The Morgan fingerprint density at radius 3 is 1.65 bits per heavy atom. The molecule has 0 atom stereocenters. The van der Waals surface area contributed by atoms with E-state index in [-0.39, 0.29) is 0 Å². The molecule has 1 aliphatic rings. The molecule has 1 heterocycles. The van der Waals surface area contributed by atoms with Crippen molar-refractivity contribution < 1.29 is 0 Å². The predicted molar refractivity (Wildman–Crippen MR) is 82.1 cm³/mol. The van der Waals surface area contributed by atoms with Crippen LogP contribution in [0, 0.1) is 0 Å². The summed E-state index contributed by atoms with van der Waals surface area (Å²) in [5.74, 6) is 2.17. The van der Waals surface area contributed by atoms with Gasteiger partial charge in [0.1, 0.15) is 0 Å². The first-order chi connectivity index (χ1) is 8.45. The van der Waals surface area contributed by atoms with E-state index in [1.807, 2.05) is 31.4 Å². The van der Waals surface area contributed by atoms with E-state index < -0.39 is 0 Å². The van der Waals surface area contributed by atoms with Crippen molar-refractivity contribution in [2.45, 2.75) is 11.5 Å². The van der Waals surface area contributed by atoms with Crippen LogP contribution in [-0.4, -0.2) is 0 Å². The lowest BCUT2D eigenvalue weighted by Crippen LogP contribution is -1.90. The van der Waals surface area contributed by atoms with Gasteiger partial charge >= 0.3 is 0 Å². The third-order valence-electron chi connectivity index (χ3n) is 2.85. The van der Waals surface area contributed by atoms with Gasteiger partial charge in [0.25, 0.3) is 0 Å². The van der Waals surface area contributed by atoms with Crippen molar-refractivity contribution in [3.05, 3.63) is 59.7 Å². The van der Waals surface area contributed by atoms with Crippen LogP contribution in [0.1, 0.15) is 11.1 Å². The van der Waals surface area contributed by atoms with Gasteiger partial charge in [-0.25, -0.2) is 0 Å². The monoisotopic (exact) mass is 276 g/mol. The molecule has 3 rings (SSSR count). The molecule has 0 nitrogen and oxygen atoms in total. The molecule has 0 bridgehead atoms. The first-order valence-corrected chi connectivity index (χ1v) is 9.34. The van der Waals surface area contributed by atoms with E-state index in [1.165, 1.54) is 22.3 Å². The van der Waals surface area contributed by atoms with Gasteiger partial charge in [0, 0.05) is 11.5 Å². The molecule has 2 aromatic rings. The predicted octanol–water partition coefficient (Wildman–Crippen LogP) is 5.40. The molecular weight excluding hydrogens is 264 g/mol. The fourth-order valence-corrected chi connectivity index (χ4v) is 5.68. The summed E-state index contributed by atoms with van der Waals surface area (Å²) in [6, 6.07) is 17.5. The van der Waals surface area contributed by atoms with Crippen molar-refractivity contribution in [1.82, 2.24) is 0 Å². The molecule has 0 fully saturated rings. The van der Waals surface area contributed by atoms with Gasteiger partial charge in [0.15, 0.2) is 0 Å². The molecule has 0 amide bonds. The third kappa shape index (κ3) is 2.51. The summed E-state index contributed by atoms with van der Waals surface area (Å²) in [7, 11) is 5.77. The minimum absolute atomic E-state index is 1.09. The third-order valence-corrected chi connectivity index (χ3v) is 6.92. The summed E-state index contributed by atoms with van der Waals surface area (Å²) in [6.07, 6.45) is 0. The Labute approximate surface area is 113 Å². The van der Waals surface area contributed by atoms with Crippen LogP contribution in [0.15, 0.2) is 48.5 Å². The van der Waals surface area contributed by atoms with E-state index in [9.17, 15) is 0 Å². The average molecular weight is 276 g/mol. The summed E-state index contributed by atoms with van der Waals surface area (Å²) in [4.78, 5) is 0. The fourth-order valence-electron chi connectivity index (χ4n) is 2.03. The molecule has 0 aliphatic carbocycles. The number of benzene rings is 2. The van der Waals surface area contributed by atoms with Gasteiger partial charge in [0.2, 0.25) is 0 Å². The molecule has 0 spiro atoms. The Bertz CT molecular complexity index is 475. The number of fused-ring (bicyclic) bond motifs is 3. The van der Waals surface area contributed by atoms with Gasteiger partial charge in [0.05, 0.1) is 0 Å². The van der Waals surface area contributed by atoms with E-state index in [0.717, 1.165) is 11.5 Å². The topological polar surface area (TPSA) is 0 Å². The zero-order valence-corrected chi connectivity index (χ0v) is 11.7. The standard InChI is InChI=1S/C14H12S3/c1-3-7-13-11(5-1)9-15-17-16-10-12-6-2-4-8-14(12)13/h1-8H,9-10H2. The van der Waals surface area contributed by atoms with Gasteiger partial charge in [-0.1, -0.05) is 70.1 Å². The lowest BCUT2D eigenvalue weighted by atomic mass is 9.97. The number of hydrogen-bond acceptors (Lipinski definition) is 3. The van der Waals surface area contributed by atoms with Crippen LogP contribution in [0.4, 0.5) is 0 Å². The summed E-state index contributed by atoms with van der Waals surface area (Å²) in [5, 5.41) is 0. The Morgan fingerprint density at radius 1 is 0.647 bits per heavy atom. The number of rotatable bonds is 0. The first-order valence-electron chi connectivity index (χ1n) is 5.52. The van der Waals surface area contributed by atoms with Crippen molar-refractivity contribution in [2.75, 3.05) is 0 Å². The molecule has 2 aromatic carbocycles. The highest BCUT2D eigenvalue weighted by molar-refractivity contribution is 9.09. The van der Waals surface area contributed by atoms with Gasteiger partial charge < -0.3 is 0 Å². The smallest absolute Gasteiger partial charge is 0.0303 e. The molecule has 0 radical (unpaired) electrons. The largest absolute Gasteiger partial charge is 0.0777 e. The van der Waals surface area contributed by atoms with Gasteiger partial charge in [-0.15, -0.1) is 0 Å². The van der Waals surface area contributed by atoms with Crippen molar-refractivity contribution in [2.24, 2.45) is 0 Å². The molecule has 0 aromatic heterocycles. The molecule has 0 unspecified atom stereocenters. The van der Waals surface area contributed by atoms with Crippen LogP contribution >= 0.6 is 31.4 Å². The van der Waals surface area contributed by atoms with Crippen LogP contribution in [0.5, 0.6) is 0 Å². The van der Waals surface area contributed by atoms with E-state index in [2.05, 4.69) is 48.5 Å². The summed E-state index contributed by atoms with van der Waals surface area (Å²) in [6.45, 7) is 0. The zero-order chi connectivity index (χ0) is 11.5. The first kappa shape index (κ1) is 11.6. The molecule has 0 saturated carbocycles. The maximum Gasteiger partial charge on any atom is 0.0303 e. The summed E-state index contributed by atoms with van der Waals surface area (Å²) < 4.78 is 0. The van der Waals surface area contributed by atoms with Crippen LogP contribution in [0.3, 0.4) is 0 Å². The Kier molecular flexibility index (Phi) is 3.69. The molecule has 0 saturated heterocycles. The highest BCUT2D eigenvalue weighted by atomic mass is 33.5. The molecule has 0 N–H and O–H groups in total. The molecule has 3 heteroatoms.